The fourth-order valence-corrected chi connectivity index (χ4v) is 3.69. The molecule has 152 valence electrons. The highest BCUT2D eigenvalue weighted by molar-refractivity contribution is 5.49. The summed E-state index contributed by atoms with van der Waals surface area (Å²) in [6, 6.07) is 15.0. The molecule has 0 radical (unpaired) electrons. The summed E-state index contributed by atoms with van der Waals surface area (Å²) in [5.74, 6) is 1.79. The van der Waals surface area contributed by atoms with E-state index in [1.165, 1.54) is 17.8 Å². The molecule has 0 aliphatic carbocycles. The van der Waals surface area contributed by atoms with E-state index >= 15 is 0 Å². The van der Waals surface area contributed by atoms with Crippen LogP contribution < -0.4 is 9.64 Å². The lowest BCUT2D eigenvalue weighted by molar-refractivity contribution is 0.159. The van der Waals surface area contributed by atoms with Gasteiger partial charge in [0, 0.05) is 37.8 Å². The summed E-state index contributed by atoms with van der Waals surface area (Å²) in [6.07, 6.45) is 0.460. The Balaban J connectivity index is 1.34. The first-order valence-electron chi connectivity index (χ1n) is 9.79. The van der Waals surface area contributed by atoms with Gasteiger partial charge in [-0.25, -0.2) is 4.39 Å². The van der Waals surface area contributed by atoms with Crippen LogP contribution in [0, 0.1) is 5.82 Å². The molecule has 4 rings (SSSR count). The van der Waals surface area contributed by atoms with E-state index in [1.54, 1.807) is 13.2 Å². The smallest absolute Gasteiger partial charge is 0.240 e. The van der Waals surface area contributed by atoms with Crippen molar-refractivity contribution in [3.05, 3.63) is 71.6 Å². The van der Waals surface area contributed by atoms with Crippen molar-refractivity contribution in [1.29, 1.82) is 0 Å². The summed E-state index contributed by atoms with van der Waals surface area (Å²) in [7, 11) is 1.68. The number of rotatable bonds is 6. The summed E-state index contributed by atoms with van der Waals surface area (Å²) in [5, 5.41) is 4.05. The van der Waals surface area contributed by atoms with Gasteiger partial charge in [-0.3, -0.25) is 4.90 Å². The van der Waals surface area contributed by atoms with Crippen LogP contribution in [0.4, 0.5) is 10.1 Å². The van der Waals surface area contributed by atoms with E-state index in [9.17, 15) is 4.39 Å². The summed E-state index contributed by atoms with van der Waals surface area (Å²) in [4.78, 5) is 9.22. The zero-order valence-electron chi connectivity index (χ0n) is 16.7. The summed E-state index contributed by atoms with van der Waals surface area (Å²) in [6.45, 7) is 5.60. The summed E-state index contributed by atoms with van der Waals surface area (Å²) >= 11 is 0. The number of piperazine rings is 1. The maximum atomic E-state index is 13.3. The van der Waals surface area contributed by atoms with Crippen LogP contribution >= 0.6 is 0 Å². The maximum Gasteiger partial charge on any atom is 0.240 e. The van der Waals surface area contributed by atoms with Gasteiger partial charge in [0.15, 0.2) is 5.82 Å². The number of nitrogens with zero attached hydrogens (tertiary/aromatic N) is 4. The Morgan fingerprint density at radius 3 is 2.72 bits per heavy atom. The summed E-state index contributed by atoms with van der Waals surface area (Å²) < 4.78 is 24.0. The average Bonchev–Trinajstić information content (AvgIpc) is 3.16. The van der Waals surface area contributed by atoms with E-state index in [-0.39, 0.29) is 5.82 Å². The Bertz CT molecular complexity index is 944. The van der Waals surface area contributed by atoms with Gasteiger partial charge in [0.05, 0.1) is 13.7 Å². The van der Waals surface area contributed by atoms with Gasteiger partial charge in [0.2, 0.25) is 5.89 Å². The quantitative estimate of drug-likeness (QED) is 0.636. The zero-order chi connectivity index (χ0) is 20.2. The molecule has 0 bridgehead atoms. The molecular formula is C22H25FN4O2. The Labute approximate surface area is 169 Å². The molecule has 1 fully saturated rings. The van der Waals surface area contributed by atoms with Crippen molar-refractivity contribution in [2.75, 3.05) is 31.6 Å². The Morgan fingerprint density at radius 1 is 1.17 bits per heavy atom. The minimum absolute atomic E-state index is 0.255. The number of benzene rings is 2. The third-order valence-electron chi connectivity index (χ3n) is 5.30. The number of anilines is 1. The van der Waals surface area contributed by atoms with E-state index in [0.29, 0.717) is 30.7 Å². The van der Waals surface area contributed by atoms with Gasteiger partial charge in [-0.1, -0.05) is 17.3 Å². The molecule has 29 heavy (non-hydrogen) atoms. The Kier molecular flexibility index (Phi) is 5.76. The van der Waals surface area contributed by atoms with Crippen LogP contribution in [0.2, 0.25) is 0 Å². The van der Waals surface area contributed by atoms with Crippen LogP contribution in [0.15, 0.2) is 53.1 Å². The fourth-order valence-electron chi connectivity index (χ4n) is 3.69. The molecular weight excluding hydrogens is 371 g/mol. The van der Waals surface area contributed by atoms with Crippen molar-refractivity contribution in [2.24, 2.45) is 0 Å². The zero-order valence-corrected chi connectivity index (χ0v) is 16.7. The van der Waals surface area contributed by atoms with Crippen molar-refractivity contribution >= 4 is 5.69 Å². The molecule has 1 aliphatic rings. The van der Waals surface area contributed by atoms with Gasteiger partial charge in [0.1, 0.15) is 11.6 Å². The molecule has 6 nitrogen and oxygen atoms in total. The average molecular weight is 396 g/mol. The maximum absolute atomic E-state index is 13.3. The van der Waals surface area contributed by atoms with Crippen LogP contribution in [-0.2, 0) is 13.0 Å². The van der Waals surface area contributed by atoms with Gasteiger partial charge >= 0.3 is 0 Å². The van der Waals surface area contributed by atoms with E-state index in [1.807, 2.05) is 18.2 Å². The van der Waals surface area contributed by atoms with Crippen LogP contribution in [0.25, 0.3) is 0 Å². The number of aromatic nitrogens is 2. The molecule has 1 saturated heterocycles. The molecule has 7 heteroatoms. The first-order chi connectivity index (χ1) is 14.1. The highest BCUT2D eigenvalue weighted by Crippen LogP contribution is 2.23. The third-order valence-corrected chi connectivity index (χ3v) is 5.30. The van der Waals surface area contributed by atoms with E-state index in [4.69, 9.17) is 9.26 Å². The van der Waals surface area contributed by atoms with Gasteiger partial charge < -0.3 is 14.2 Å². The molecule has 0 saturated carbocycles. The van der Waals surface area contributed by atoms with E-state index < -0.39 is 0 Å². The number of hydrogen-bond acceptors (Lipinski definition) is 6. The second-order valence-corrected chi connectivity index (χ2v) is 7.37. The highest BCUT2D eigenvalue weighted by Gasteiger charge is 2.25. The lowest BCUT2D eigenvalue weighted by Gasteiger charge is -2.40. The van der Waals surface area contributed by atoms with Crippen molar-refractivity contribution in [3.63, 3.8) is 0 Å². The Morgan fingerprint density at radius 2 is 2.00 bits per heavy atom. The molecule has 1 aromatic heterocycles. The van der Waals surface area contributed by atoms with Crippen LogP contribution in [0.3, 0.4) is 0 Å². The fraction of sp³-hybridized carbons (Fsp3) is 0.364. The van der Waals surface area contributed by atoms with Gasteiger partial charge in [-0.2, -0.15) is 4.98 Å². The number of hydrogen-bond donors (Lipinski definition) is 0. The van der Waals surface area contributed by atoms with Crippen LogP contribution in [0.1, 0.15) is 24.2 Å². The highest BCUT2D eigenvalue weighted by atomic mass is 19.1. The molecule has 2 aromatic carbocycles. The molecule has 3 aromatic rings. The first-order valence-corrected chi connectivity index (χ1v) is 9.79. The number of halogens is 1. The van der Waals surface area contributed by atoms with Crippen molar-refractivity contribution < 1.29 is 13.7 Å². The van der Waals surface area contributed by atoms with Gasteiger partial charge in [-0.15, -0.1) is 0 Å². The third kappa shape index (κ3) is 4.74. The van der Waals surface area contributed by atoms with Gasteiger partial charge in [0.25, 0.3) is 0 Å². The van der Waals surface area contributed by atoms with Crippen molar-refractivity contribution in [3.8, 4) is 5.75 Å². The topological polar surface area (TPSA) is 54.6 Å². The van der Waals surface area contributed by atoms with E-state index in [2.05, 4.69) is 39.0 Å². The minimum atomic E-state index is -0.255. The van der Waals surface area contributed by atoms with Crippen molar-refractivity contribution in [1.82, 2.24) is 15.0 Å². The number of ether oxygens (including phenoxy) is 1. The van der Waals surface area contributed by atoms with Crippen LogP contribution in [0.5, 0.6) is 5.75 Å². The number of methoxy groups -OCH3 is 1. The normalized spacial score (nSPS) is 17.5. The molecule has 2 heterocycles. The minimum Gasteiger partial charge on any atom is -0.497 e. The summed E-state index contributed by atoms with van der Waals surface area (Å²) in [5.41, 5.74) is 2.03. The van der Waals surface area contributed by atoms with Gasteiger partial charge in [-0.05, 0) is 48.9 Å². The lowest BCUT2D eigenvalue weighted by Crippen LogP contribution is -2.51. The molecule has 1 atom stereocenters. The SMILES string of the molecule is COc1ccc(N2CCN(Cc3nc(Cc4cccc(F)c4)no3)C(C)C2)cc1. The van der Waals surface area contributed by atoms with E-state index in [0.717, 1.165) is 30.9 Å². The van der Waals surface area contributed by atoms with Crippen molar-refractivity contribution in [2.45, 2.75) is 25.9 Å². The van der Waals surface area contributed by atoms with Crippen LogP contribution in [-0.4, -0.2) is 47.8 Å². The standard InChI is InChI=1S/C22H25FN4O2/c1-16-14-27(19-6-8-20(28-2)9-7-19)11-10-26(16)15-22-24-21(25-29-22)13-17-4-3-5-18(23)12-17/h3-9,12,16H,10-11,13-15H2,1-2H3. The predicted octanol–water partition coefficient (Wildman–Crippen LogP) is 3.52. The second kappa shape index (κ2) is 8.61. The molecule has 0 N–H and O–H groups in total. The monoisotopic (exact) mass is 396 g/mol. The Hall–Kier alpha value is -2.93. The molecule has 0 amide bonds. The first kappa shape index (κ1) is 19.4. The molecule has 1 aliphatic heterocycles. The molecule has 1 unspecified atom stereocenters. The predicted molar refractivity (Wildman–Crippen MR) is 109 cm³/mol. The second-order valence-electron chi connectivity index (χ2n) is 7.37. The lowest BCUT2D eigenvalue weighted by atomic mass is 10.1. The molecule has 0 spiro atoms. The largest absolute Gasteiger partial charge is 0.497 e.